The summed E-state index contributed by atoms with van der Waals surface area (Å²) in [5, 5.41) is 0. The van der Waals surface area contributed by atoms with Crippen LogP contribution in [0.15, 0.2) is 42.6 Å². The van der Waals surface area contributed by atoms with E-state index in [9.17, 15) is 4.39 Å². The minimum Gasteiger partial charge on any atom is -0.261 e. The van der Waals surface area contributed by atoms with Crippen LogP contribution in [0, 0.1) is 12.7 Å². The summed E-state index contributed by atoms with van der Waals surface area (Å²) in [6, 6.07) is 11.0. The predicted octanol–water partition coefficient (Wildman–Crippen LogP) is 3.12. The first kappa shape index (κ1) is 9.84. The summed E-state index contributed by atoms with van der Waals surface area (Å²) in [5.74, 6) is -0.152. The fourth-order valence-electron chi connectivity index (χ4n) is 1.49. The van der Waals surface area contributed by atoms with Gasteiger partial charge in [0, 0.05) is 18.3 Å². The number of halogens is 1. The van der Waals surface area contributed by atoms with Crippen molar-refractivity contribution in [1.29, 1.82) is 0 Å². The van der Waals surface area contributed by atoms with Gasteiger partial charge < -0.3 is 0 Å². The maximum Gasteiger partial charge on any atom is 0.127 e. The molecule has 1 nitrogen and oxygen atoms in total. The van der Waals surface area contributed by atoms with Crippen molar-refractivity contribution in [3.05, 3.63) is 65.2 Å². The molecule has 2 aromatic rings. The molecule has 0 aliphatic rings. The Hall–Kier alpha value is -1.70. The molecule has 0 aliphatic carbocycles. The molecule has 2 rings (SSSR count). The van der Waals surface area contributed by atoms with Gasteiger partial charge in [-0.2, -0.15) is 0 Å². The highest BCUT2D eigenvalue weighted by atomic mass is 19.1. The fourth-order valence-corrected chi connectivity index (χ4v) is 1.49. The molecule has 1 heterocycles. The summed E-state index contributed by atoms with van der Waals surface area (Å²) in [6.45, 7) is 1.88. The van der Waals surface area contributed by atoms with E-state index in [-0.39, 0.29) is 5.82 Å². The average molecular weight is 201 g/mol. The molecule has 0 saturated carbocycles. The Bertz CT molecular complexity index is 451. The van der Waals surface area contributed by atoms with E-state index in [1.807, 2.05) is 37.3 Å². The number of pyridine rings is 1. The number of nitrogens with zero attached hydrogens (tertiary/aromatic N) is 1. The number of hydrogen-bond donors (Lipinski definition) is 0. The Kier molecular flexibility index (Phi) is 2.77. The zero-order valence-corrected chi connectivity index (χ0v) is 8.57. The minimum absolute atomic E-state index is 0.152. The molecule has 0 aliphatic heterocycles. The standard InChI is InChI=1S/C13H12FN/c1-10-5-6-11(13(14)8-10)9-12-4-2-3-7-15-12/h2-8H,9H2,1H3. The second-order valence-electron chi connectivity index (χ2n) is 3.59. The monoisotopic (exact) mass is 201 g/mol. The molecular weight excluding hydrogens is 189 g/mol. The van der Waals surface area contributed by atoms with Gasteiger partial charge in [-0.1, -0.05) is 18.2 Å². The van der Waals surface area contributed by atoms with Crippen LogP contribution in [-0.4, -0.2) is 4.98 Å². The Morgan fingerprint density at radius 3 is 2.73 bits per heavy atom. The first-order valence-electron chi connectivity index (χ1n) is 4.90. The average Bonchev–Trinajstić information content (AvgIpc) is 2.24. The van der Waals surface area contributed by atoms with Crippen LogP contribution in [0.3, 0.4) is 0 Å². The van der Waals surface area contributed by atoms with E-state index < -0.39 is 0 Å². The third-order valence-corrected chi connectivity index (χ3v) is 2.31. The number of hydrogen-bond acceptors (Lipinski definition) is 1. The van der Waals surface area contributed by atoms with Crippen molar-refractivity contribution in [2.45, 2.75) is 13.3 Å². The zero-order chi connectivity index (χ0) is 10.7. The highest BCUT2D eigenvalue weighted by molar-refractivity contribution is 5.27. The smallest absolute Gasteiger partial charge is 0.127 e. The van der Waals surface area contributed by atoms with Crippen molar-refractivity contribution in [3.8, 4) is 0 Å². The quantitative estimate of drug-likeness (QED) is 0.727. The summed E-state index contributed by atoms with van der Waals surface area (Å²) in [5.41, 5.74) is 2.52. The Morgan fingerprint density at radius 2 is 2.07 bits per heavy atom. The Morgan fingerprint density at radius 1 is 1.20 bits per heavy atom. The van der Waals surface area contributed by atoms with E-state index in [1.165, 1.54) is 0 Å². The third-order valence-electron chi connectivity index (χ3n) is 2.31. The normalized spacial score (nSPS) is 10.3. The second kappa shape index (κ2) is 4.22. The van der Waals surface area contributed by atoms with Crippen LogP contribution < -0.4 is 0 Å². The van der Waals surface area contributed by atoms with Crippen molar-refractivity contribution in [2.24, 2.45) is 0 Å². The lowest BCUT2D eigenvalue weighted by atomic mass is 10.1. The van der Waals surface area contributed by atoms with Gasteiger partial charge in [-0.05, 0) is 36.2 Å². The van der Waals surface area contributed by atoms with Crippen LogP contribution in [0.4, 0.5) is 4.39 Å². The number of rotatable bonds is 2. The van der Waals surface area contributed by atoms with E-state index in [0.717, 1.165) is 11.3 Å². The van der Waals surface area contributed by atoms with E-state index in [0.29, 0.717) is 12.0 Å². The Balaban J connectivity index is 2.25. The van der Waals surface area contributed by atoms with Crippen LogP contribution in [0.25, 0.3) is 0 Å². The summed E-state index contributed by atoms with van der Waals surface area (Å²) in [7, 11) is 0. The number of aryl methyl sites for hydroxylation is 1. The molecule has 0 atom stereocenters. The molecule has 0 spiro atoms. The van der Waals surface area contributed by atoms with Gasteiger partial charge in [0.15, 0.2) is 0 Å². The van der Waals surface area contributed by atoms with Crippen LogP contribution in [0.1, 0.15) is 16.8 Å². The van der Waals surface area contributed by atoms with Crippen molar-refractivity contribution >= 4 is 0 Å². The summed E-state index contributed by atoms with van der Waals surface area (Å²) in [6.07, 6.45) is 2.27. The highest BCUT2D eigenvalue weighted by Gasteiger charge is 2.03. The van der Waals surface area contributed by atoms with E-state index >= 15 is 0 Å². The first-order valence-corrected chi connectivity index (χ1v) is 4.90. The van der Waals surface area contributed by atoms with Gasteiger partial charge in [-0.3, -0.25) is 4.98 Å². The summed E-state index contributed by atoms with van der Waals surface area (Å²) >= 11 is 0. The minimum atomic E-state index is -0.152. The van der Waals surface area contributed by atoms with Gasteiger partial charge >= 0.3 is 0 Å². The van der Waals surface area contributed by atoms with Crippen LogP contribution in [0.5, 0.6) is 0 Å². The van der Waals surface area contributed by atoms with Crippen LogP contribution >= 0.6 is 0 Å². The van der Waals surface area contributed by atoms with Gasteiger partial charge in [-0.15, -0.1) is 0 Å². The topological polar surface area (TPSA) is 12.9 Å². The van der Waals surface area contributed by atoms with E-state index in [1.54, 1.807) is 12.3 Å². The molecule has 2 heteroatoms. The first-order chi connectivity index (χ1) is 7.25. The van der Waals surface area contributed by atoms with Gasteiger partial charge in [0.2, 0.25) is 0 Å². The van der Waals surface area contributed by atoms with E-state index in [4.69, 9.17) is 0 Å². The predicted molar refractivity (Wildman–Crippen MR) is 58.2 cm³/mol. The maximum atomic E-state index is 13.5. The molecule has 0 amide bonds. The maximum absolute atomic E-state index is 13.5. The van der Waals surface area contributed by atoms with Crippen molar-refractivity contribution in [2.75, 3.05) is 0 Å². The van der Waals surface area contributed by atoms with Crippen molar-refractivity contribution in [1.82, 2.24) is 4.98 Å². The summed E-state index contributed by atoms with van der Waals surface area (Å²) in [4.78, 5) is 4.17. The number of aromatic nitrogens is 1. The molecule has 0 N–H and O–H groups in total. The molecule has 0 fully saturated rings. The van der Waals surface area contributed by atoms with Crippen molar-refractivity contribution in [3.63, 3.8) is 0 Å². The molecule has 0 unspecified atom stereocenters. The van der Waals surface area contributed by atoms with Gasteiger partial charge in [-0.25, -0.2) is 4.39 Å². The summed E-state index contributed by atoms with van der Waals surface area (Å²) < 4.78 is 13.5. The molecule has 0 radical (unpaired) electrons. The highest BCUT2D eigenvalue weighted by Crippen LogP contribution is 2.13. The number of benzene rings is 1. The van der Waals surface area contributed by atoms with Gasteiger partial charge in [0.25, 0.3) is 0 Å². The SMILES string of the molecule is Cc1ccc(Cc2ccccn2)c(F)c1. The second-order valence-corrected chi connectivity index (χ2v) is 3.59. The molecule has 1 aromatic heterocycles. The molecule has 0 saturated heterocycles. The van der Waals surface area contributed by atoms with E-state index in [2.05, 4.69) is 4.98 Å². The molecule has 76 valence electrons. The molecule has 15 heavy (non-hydrogen) atoms. The van der Waals surface area contributed by atoms with Gasteiger partial charge in [0.05, 0.1) is 0 Å². The largest absolute Gasteiger partial charge is 0.261 e. The third kappa shape index (κ3) is 2.40. The lowest BCUT2D eigenvalue weighted by Crippen LogP contribution is -1.95. The zero-order valence-electron chi connectivity index (χ0n) is 8.57. The Labute approximate surface area is 88.6 Å². The van der Waals surface area contributed by atoms with Crippen LogP contribution in [0.2, 0.25) is 0 Å². The van der Waals surface area contributed by atoms with Crippen molar-refractivity contribution < 1.29 is 4.39 Å². The lowest BCUT2D eigenvalue weighted by Gasteiger charge is -2.03. The van der Waals surface area contributed by atoms with Gasteiger partial charge in [0.1, 0.15) is 5.82 Å². The van der Waals surface area contributed by atoms with Crippen LogP contribution in [-0.2, 0) is 6.42 Å². The molecule has 1 aromatic carbocycles. The fraction of sp³-hybridized carbons (Fsp3) is 0.154. The molecule has 0 bridgehead atoms. The molecular formula is C13H12FN. The lowest BCUT2D eigenvalue weighted by molar-refractivity contribution is 0.612.